The van der Waals surface area contributed by atoms with Crippen LogP contribution in [0.25, 0.3) is 0 Å². The first-order valence-corrected chi connectivity index (χ1v) is 6.02. The van der Waals surface area contributed by atoms with Crippen molar-refractivity contribution in [2.45, 2.75) is 18.9 Å². The number of rotatable bonds is 5. The molecule has 1 aliphatic rings. The van der Waals surface area contributed by atoms with E-state index >= 15 is 0 Å². The Morgan fingerprint density at radius 1 is 1.61 bits per heavy atom. The van der Waals surface area contributed by atoms with Crippen molar-refractivity contribution in [2.75, 3.05) is 19.4 Å². The van der Waals surface area contributed by atoms with Gasteiger partial charge in [-0.25, -0.2) is 0 Å². The average Bonchev–Trinajstić information content (AvgIpc) is 3.19. The maximum Gasteiger partial charge on any atom is 0.256 e. The molecule has 0 aromatic heterocycles. The number of anilines is 1. The van der Waals surface area contributed by atoms with E-state index in [1.165, 1.54) is 0 Å². The fourth-order valence-electron chi connectivity index (χ4n) is 1.94. The van der Waals surface area contributed by atoms with E-state index in [2.05, 4.69) is 6.58 Å². The van der Waals surface area contributed by atoms with E-state index in [0.717, 1.165) is 12.8 Å². The van der Waals surface area contributed by atoms with E-state index in [0.29, 0.717) is 29.6 Å². The van der Waals surface area contributed by atoms with E-state index in [-0.39, 0.29) is 5.91 Å². The molecular weight excluding hydrogens is 228 g/mol. The van der Waals surface area contributed by atoms with E-state index < -0.39 is 0 Å². The molecule has 0 spiro atoms. The minimum Gasteiger partial charge on any atom is -0.497 e. The normalized spacial score (nSPS) is 14.1. The van der Waals surface area contributed by atoms with Gasteiger partial charge < -0.3 is 15.4 Å². The molecule has 2 N–H and O–H groups in total. The Hall–Kier alpha value is -1.97. The number of hydrogen-bond donors (Lipinski definition) is 1. The molecule has 1 amide bonds. The van der Waals surface area contributed by atoms with Gasteiger partial charge in [-0.05, 0) is 25.0 Å². The molecule has 18 heavy (non-hydrogen) atoms. The Bertz CT molecular complexity index is 467. The van der Waals surface area contributed by atoms with Crippen LogP contribution in [-0.4, -0.2) is 30.5 Å². The fraction of sp³-hybridized carbons (Fsp3) is 0.357. The predicted octanol–water partition coefficient (Wildman–Crippen LogP) is 2.07. The summed E-state index contributed by atoms with van der Waals surface area (Å²) in [6, 6.07) is 5.49. The Labute approximate surface area is 107 Å². The van der Waals surface area contributed by atoms with Gasteiger partial charge in [-0.15, -0.1) is 6.58 Å². The molecule has 4 heteroatoms. The van der Waals surface area contributed by atoms with Crippen LogP contribution in [0.3, 0.4) is 0 Å². The third-order valence-corrected chi connectivity index (χ3v) is 3.06. The lowest BCUT2D eigenvalue weighted by molar-refractivity contribution is 0.0763. The number of carbonyl (C=O) groups excluding carboxylic acids is 1. The van der Waals surface area contributed by atoms with Crippen LogP contribution < -0.4 is 10.5 Å². The highest BCUT2D eigenvalue weighted by atomic mass is 16.5. The molecule has 2 rings (SSSR count). The molecule has 0 aliphatic heterocycles. The number of nitrogens with two attached hydrogens (primary N) is 1. The van der Waals surface area contributed by atoms with Crippen molar-refractivity contribution in [2.24, 2.45) is 0 Å². The molecule has 1 aromatic rings. The Morgan fingerprint density at radius 3 is 2.83 bits per heavy atom. The first-order chi connectivity index (χ1) is 8.67. The van der Waals surface area contributed by atoms with Crippen LogP contribution in [0.2, 0.25) is 0 Å². The molecular formula is C14H18N2O2. The second kappa shape index (κ2) is 5.12. The smallest absolute Gasteiger partial charge is 0.256 e. The maximum atomic E-state index is 12.4. The van der Waals surface area contributed by atoms with Gasteiger partial charge in [-0.2, -0.15) is 0 Å². The third kappa shape index (κ3) is 2.47. The highest BCUT2D eigenvalue weighted by molar-refractivity contribution is 5.99. The van der Waals surface area contributed by atoms with Crippen LogP contribution in [-0.2, 0) is 0 Å². The summed E-state index contributed by atoms with van der Waals surface area (Å²) in [5, 5.41) is 0. The number of nitrogens with zero attached hydrogens (tertiary/aromatic N) is 1. The molecule has 1 fully saturated rings. The highest BCUT2D eigenvalue weighted by Gasteiger charge is 2.32. The summed E-state index contributed by atoms with van der Waals surface area (Å²) in [5.41, 5.74) is 6.88. The molecule has 4 nitrogen and oxygen atoms in total. The van der Waals surface area contributed by atoms with Crippen molar-refractivity contribution in [1.29, 1.82) is 0 Å². The minimum absolute atomic E-state index is 0.0300. The molecule has 0 unspecified atom stereocenters. The van der Waals surface area contributed by atoms with Crippen LogP contribution in [0.1, 0.15) is 23.2 Å². The second-order valence-corrected chi connectivity index (χ2v) is 4.43. The monoisotopic (exact) mass is 246 g/mol. The molecule has 0 saturated heterocycles. The predicted molar refractivity (Wildman–Crippen MR) is 71.7 cm³/mol. The molecule has 0 atom stereocenters. The molecule has 0 heterocycles. The zero-order valence-corrected chi connectivity index (χ0v) is 10.6. The van der Waals surface area contributed by atoms with Crippen molar-refractivity contribution in [3.63, 3.8) is 0 Å². The van der Waals surface area contributed by atoms with E-state index in [9.17, 15) is 4.79 Å². The lowest BCUT2D eigenvalue weighted by atomic mass is 10.1. The highest BCUT2D eigenvalue weighted by Crippen LogP contribution is 2.30. The van der Waals surface area contributed by atoms with Crippen molar-refractivity contribution in [1.82, 2.24) is 4.90 Å². The van der Waals surface area contributed by atoms with Gasteiger partial charge in [0.25, 0.3) is 5.91 Å². The molecule has 1 aromatic carbocycles. The number of methoxy groups -OCH3 is 1. The van der Waals surface area contributed by atoms with Crippen LogP contribution in [0.4, 0.5) is 5.69 Å². The largest absolute Gasteiger partial charge is 0.497 e. The van der Waals surface area contributed by atoms with Gasteiger partial charge in [0.1, 0.15) is 5.75 Å². The van der Waals surface area contributed by atoms with Gasteiger partial charge in [-0.3, -0.25) is 4.79 Å². The lowest BCUT2D eigenvalue weighted by Crippen LogP contribution is -2.33. The van der Waals surface area contributed by atoms with Gasteiger partial charge in [0.2, 0.25) is 0 Å². The van der Waals surface area contributed by atoms with Crippen molar-refractivity contribution in [3.8, 4) is 5.75 Å². The topological polar surface area (TPSA) is 55.6 Å². The molecule has 1 saturated carbocycles. The number of amides is 1. The van der Waals surface area contributed by atoms with Crippen molar-refractivity contribution in [3.05, 3.63) is 36.4 Å². The van der Waals surface area contributed by atoms with Crippen LogP contribution in [0.15, 0.2) is 30.9 Å². The molecule has 1 aliphatic carbocycles. The van der Waals surface area contributed by atoms with E-state index in [1.54, 1.807) is 31.4 Å². The van der Waals surface area contributed by atoms with E-state index in [4.69, 9.17) is 10.5 Å². The quantitative estimate of drug-likeness (QED) is 0.639. The summed E-state index contributed by atoms with van der Waals surface area (Å²) in [5.74, 6) is 0.628. The van der Waals surface area contributed by atoms with E-state index in [1.807, 2.05) is 4.90 Å². The summed E-state index contributed by atoms with van der Waals surface area (Å²) in [7, 11) is 1.57. The molecule has 0 bridgehead atoms. The summed E-state index contributed by atoms with van der Waals surface area (Å²) in [6.45, 7) is 4.26. The van der Waals surface area contributed by atoms with Gasteiger partial charge in [0.15, 0.2) is 0 Å². The van der Waals surface area contributed by atoms with Crippen LogP contribution in [0.5, 0.6) is 5.75 Å². The standard InChI is InChI=1S/C14H18N2O2/c1-3-8-16(10-4-5-10)14(17)12-7-6-11(18-2)9-13(12)15/h3,6-7,9-10H,1,4-5,8,15H2,2H3. The second-order valence-electron chi connectivity index (χ2n) is 4.43. The number of ether oxygens (including phenoxy) is 1. The van der Waals surface area contributed by atoms with Gasteiger partial charge in [0, 0.05) is 24.3 Å². The zero-order chi connectivity index (χ0) is 13.1. The minimum atomic E-state index is -0.0300. The molecule has 0 radical (unpaired) electrons. The SMILES string of the molecule is C=CCN(C(=O)c1ccc(OC)cc1N)C1CC1. The zero-order valence-electron chi connectivity index (χ0n) is 10.6. The number of hydrogen-bond acceptors (Lipinski definition) is 3. The fourth-order valence-corrected chi connectivity index (χ4v) is 1.94. The Kier molecular flexibility index (Phi) is 3.55. The van der Waals surface area contributed by atoms with Crippen molar-refractivity contribution >= 4 is 11.6 Å². The first kappa shape index (κ1) is 12.5. The number of carbonyl (C=O) groups is 1. The Balaban J connectivity index is 2.23. The summed E-state index contributed by atoms with van der Waals surface area (Å²) in [6.07, 6.45) is 3.88. The number of benzene rings is 1. The average molecular weight is 246 g/mol. The van der Waals surface area contributed by atoms with Gasteiger partial charge in [0.05, 0.1) is 12.7 Å². The Morgan fingerprint density at radius 2 is 2.33 bits per heavy atom. The summed E-state index contributed by atoms with van der Waals surface area (Å²) in [4.78, 5) is 14.2. The molecule has 96 valence electrons. The summed E-state index contributed by atoms with van der Waals surface area (Å²) >= 11 is 0. The van der Waals surface area contributed by atoms with Crippen LogP contribution >= 0.6 is 0 Å². The van der Waals surface area contributed by atoms with Gasteiger partial charge in [-0.1, -0.05) is 6.08 Å². The van der Waals surface area contributed by atoms with Crippen molar-refractivity contribution < 1.29 is 9.53 Å². The maximum absolute atomic E-state index is 12.4. The number of nitrogen functional groups attached to an aromatic ring is 1. The summed E-state index contributed by atoms with van der Waals surface area (Å²) < 4.78 is 5.08. The first-order valence-electron chi connectivity index (χ1n) is 6.02. The van der Waals surface area contributed by atoms with Crippen LogP contribution in [0, 0.1) is 0 Å². The third-order valence-electron chi connectivity index (χ3n) is 3.06. The lowest BCUT2D eigenvalue weighted by Gasteiger charge is -2.21. The van der Waals surface area contributed by atoms with Gasteiger partial charge >= 0.3 is 0 Å².